The van der Waals surface area contributed by atoms with Crippen LogP contribution in [-0.4, -0.2) is 11.8 Å². The van der Waals surface area contributed by atoms with Crippen molar-refractivity contribution in [2.24, 2.45) is 16.0 Å². The molecule has 0 radical (unpaired) electrons. The molecule has 0 aliphatic carbocycles. The smallest absolute Gasteiger partial charge is 0.292 e. The Kier molecular flexibility index (Phi) is 1.48. The van der Waals surface area contributed by atoms with E-state index in [0.29, 0.717) is 6.20 Å². The van der Waals surface area contributed by atoms with Gasteiger partial charge in [-0.3, -0.25) is 5.73 Å². The normalized spacial score (nSPS) is 30.8. The van der Waals surface area contributed by atoms with Gasteiger partial charge in [-0.05, 0) is 0 Å². The topological polar surface area (TPSA) is 50.7 Å². The number of nitrogens with zero attached hydrogens (tertiary/aromatic N) is 2. The van der Waals surface area contributed by atoms with Crippen molar-refractivity contribution in [2.45, 2.75) is 11.8 Å². The highest BCUT2D eigenvalue weighted by Crippen LogP contribution is 2.38. The van der Waals surface area contributed by atoms with Crippen LogP contribution < -0.4 is 5.73 Å². The number of hydrogen-bond donors (Lipinski definition) is 1. The summed E-state index contributed by atoms with van der Waals surface area (Å²) in [5.41, 5.74) is 1.29. The number of alkyl halides is 3. The van der Waals surface area contributed by atoms with E-state index in [9.17, 15) is 17.6 Å². The lowest BCUT2D eigenvalue weighted by atomic mass is 10.2. The predicted octanol–water partition coefficient (Wildman–Crippen LogP) is 1.48. The van der Waals surface area contributed by atoms with Gasteiger partial charge in [-0.25, -0.2) is 4.39 Å². The summed E-state index contributed by atoms with van der Waals surface area (Å²) in [6.45, 7) is 0. The number of nitrogens with two attached hydrogens (primary N) is 1. The third kappa shape index (κ3) is 1.01. The van der Waals surface area contributed by atoms with Crippen molar-refractivity contribution < 1.29 is 17.6 Å². The fourth-order valence-electron chi connectivity index (χ4n) is 0.509. The molecule has 0 amide bonds. The molecule has 1 rings (SSSR count). The average Bonchev–Trinajstić information content (AvgIpc) is 2.12. The Labute approximate surface area is 58.6 Å². The third-order valence-corrected chi connectivity index (χ3v) is 1.18. The second-order valence-electron chi connectivity index (χ2n) is 1.96. The lowest BCUT2D eigenvalue weighted by Crippen LogP contribution is -2.51. The van der Waals surface area contributed by atoms with Gasteiger partial charge in [0.05, 0.1) is 6.20 Å². The minimum Gasteiger partial charge on any atom is -0.292 e. The van der Waals surface area contributed by atoms with Gasteiger partial charge in [0, 0.05) is 0 Å². The highest BCUT2D eigenvalue weighted by molar-refractivity contribution is 5.17. The highest BCUT2D eigenvalue weighted by Gasteiger charge is 2.58. The first-order valence-electron chi connectivity index (χ1n) is 2.52. The molecular formula is C4H3F4N3. The van der Waals surface area contributed by atoms with E-state index >= 15 is 0 Å². The fourth-order valence-corrected chi connectivity index (χ4v) is 0.509. The molecule has 1 atom stereocenters. The van der Waals surface area contributed by atoms with Crippen molar-refractivity contribution in [3.63, 3.8) is 0 Å². The minimum atomic E-state index is -4.94. The van der Waals surface area contributed by atoms with E-state index in [2.05, 4.69) is 16.0 Å². The molecule has 2 N–H and O–H groups in total. The first-order chi connectivity index (χ1) is 4.88. The van der Waals surface area contributed by atoms with Crippen molar-refractivity contribution in [1.29, 1.82) is 0 Å². The summed E-state index contributed by atoms with van der Waals surface area (Å²) in [6, 6.07) is 0. The van der Waals surface area contributed by atoms with Crippen LogP contribution in [-0.2, 0) is 0 Å². The summed E-state index contributed by atoms with van der Waals surface area (Å²) in [4.78, 5) is 0. The number of azo groups is 1. The van der Waals surface area contributed by atoms with Crippen LogP contribution in [0.15, 0.2) is 22.3 Å². The Hall–Kier alpha value is -0.980. The summed E-state index contributed by atoms with van der Waals surface area (Å²) in [7, 11) is 0. The lowest BCUT2D eigenvalue weighted by molar-refractivity contribution is -0.176. The molecule has 0 spiro atoms. The SMILES string of the molecule is NC1(C(F)(F)F)N=NC=C1F. The molecule has 0 fully saturated rings. The van der Waals surface area contributed by atoms with Gasteiger partial charge in [-0.15, -0.1) is 5.11 Å². The lowest BCUT2D eigenvalue weighted by Gasteiger charge is -2.20. The van der Waals surface area contributed by atoms with Gasteiger partial charge >= 0.3 is 6.18 Å². The molecule has 0 saturated carbocycles. The van der Waals surface area contributed by atoms with Crippen LogP contribution >= 0.6 is 0 Å². The molecule has 1 aliphatic heterocycles. The molecule has 0 aromatic rings. The Morgan fingerprint density at radius 2 is 2.00 bits per heavy atom. The Morgan fingerprint density at radius 3 is 2.18 bits per heavy atom. The van der Waals surface area contributed by atoms with Crippen molar-refractivity contribution in [3.05, 3.63) is 12.0 Å². The van der Waals surface area contributed by atoms with Crippen LogP contribution in [0, 0.1) is 0 Å². The summed E-state index contributed by atoms with van der Waals surface area (Å²) in [5, 5.41) is 5.26. The van der Waals surface area contributed by atoms with Crippen molar-refractivity contribution >= 4 is 0 Å². The maximum absolute atomic E-state index is 12.3. The van der Waals surface area contributed by atoms with Crippen LogP contribution in [0.25, 0.3) is 0 Å². The van der Waals surface area contributed by atoms with Crippen LogP contribution in [0.1, 0.15) is 0 Å². The number of hydrogen-bond acceptors (Lipinski definition) is 3. The van der Waals surface area contributed by atoms with Crippen LogP contribution in [0.3, 0.4) is 0 Å². The van der Waals surface area contributed by atoms with Gasteiger partial charge in [0.1, 0.15) is 0 Å². The van der Waals surface area contributed by atoms with Crippen LogP contribution in [0.2, 0.25) is 0 Å². The molecule has 1 aliphatic rings. The Balaban J connectivity index is 3.02. The molecule has 1 heterocycles. The fraction of sp³-hybridized carbons (Fsp3) is 0.500. The Bertz CT molecular complexity index is 230. The largest absolute Gasteiger partial charge is 0.435 e. The molecule has 0 aromatic carbocycles. The second-order valence-corrected chi connectivity index (χ2v) is 1.96. The van der Waals surface area contributed by atoms with Gasteiger partial charge < -0.3 is 0 Å². The number of halogens is 4. The molecule has 11 heavy (non-hydrogen) atoms. The summed E-state index contributed by atoms with van der Waals surface area (Å²) < 4.78 is 47.8. The summed E-state index contributed by atoms with van der Waals surface area (Å²) >= 11 is 0. The van der Waals surface area contributed by atoms with Crippen LogP contribution in [0.5, 0.6) is 0 Å². The number of rotatable bonds is 0. The minimum absolute atomic E-state index is 0.341. The van der Waals surface area contributed by atoms with Crippen LogP contribution in [0.4, 0.5) is 17.6 Å². The molecule has 0 bridgehead atoms. The second kappa shape index (κ2) is 2.00. The molecule has 0 saturated heterocycles. The van der Waals surface area contributed by atoms with E-state index in [-0.39, 0.29) is 0 Å². The standard InChI is InChI=1S/C4H3F4N3/c5-2-1-10-11-3(2,9)4(6,7)8/h1H,9H2. The summed E-state index contributed by atoms with van der Waals surface area (Å²) in [5.74, 6) is -1.59. The van der Waals surface area contributed by atoms with Gasteiger partial charge in [0.2, 0.25) is 0 Å². The zero-order chi connectivity index (χ0) is 8.70. The quantitative estimate of drug-likeness (QED) is 0.548. The average molecular weight is 169 g/mol. The van der Waals surface area contributed by atoms with E-state index < -0.39 is 17.7 Å². The van der Waals surface area contributed by atoms with Gasteiger partial charge in [-0.2, -0.15) is 18.3 Å². The Morgan fingerprint density at radius 1 is 1.45 bits per heavy atom. The molecule has 3 nitrogen and oxygen atoms in total. The maximum Gasteiger partial charge on any atom is 0.435 e. The van der Waals surface area contributed by atoms with Gasteiger partial charge in [-0.1, -0.05) is 0 Å². The first-order valence-corrected chi connectivity index (χ1v) is 2.52. The third-order valence-electron chi connectivity index (χ3n) is 1.18. The highest BCUT2D eigenvalue weighted by atomic mass is 19.4. The van der Waals surface area contributed by atoms with E-state index in [1.54, 1.807) is 0 Å². The monoisotopic (exact) mass is 169 g/mol. The van der Waals surface area contributed by atoms with E-state index in [0.717, 1.165) is 0 Å². The van der Waals surface area contributed by atoms with Crippen molar-refractivity contribution in [1.82, 2.24) is 0 Å². The zero-order valence-electron chi connectivity index (χ0n) is 5.06. The first kappa shape index (κ1) is 8.12. The van der Waals surface area contributed by atoms with E-state index in [1.165, 1.54) is 0 Å². The summed E-state index contributed by atoms with van der Waals surface area (Å²) in [6.07, 6.45) is -4.60. The molecule has 62 valence electrons. The van der Waals surface area contributed by atoms with E-state index in [4.69, 9.17) is 0 Å². The van der Waals surface area contributed by atoms with Crippen molar-refractivity contribution in [2.75, 3.05) is 0 Å². The molecular weight excluding hydrogens is 166 g/mol. The van der Waals surface area contributed by atoms with E-state index in [1.807, 2.05) is 0 Å². The molecule has 1 unspecified atom stereocenters. The molecule has 0 aromatic heterocycles. The molecule has 7 heteroatoms. The van der Waals surface area contributed by atoms with Gasteiger partial charge in [0.15, 0.2) is 5.83 Å². The maximum atomic E-state index is 12.3. The van der Waals surface area contributed by atoms with Crippen molar-refractivity contribution in [3.8, 4) is 0 Å². The zero-order valence-corrected chi connectivity index (χ0v) is 5.06. The predicted molar refractivity (Wildman–Crippen MR) is 27.0 cm³/mol. The van der Waals surface area contributed by atoms with Gasteiger partial charge in [0.25, 0.3) is 5.66 Å².